The fourth-order valence-electron chi connectivity index (χ4n) is 4.58. The zero-order valence-electron chi connectivity index (χ0n) is 21.8. The third-order valence-electron chi connectivity index (χ3n) is 6.72. The molecule has 1 saturated heterocycles. The van der Waals surface area contributed by atoms with Crippen molar-refractivity contribution in [1.29, 1.82) is 0 Å². The van der Waals surface area contributed by atoms with E-state index in [-0.39, 0.29) is 5.91 Å². The number of carbonyl (C=O) groups is 1. The van der Waals surface area contributed by atoms with Crippen LogP contribution in [0.3, 0.4) is 0 Å². The third kappa shape index (κ3) is 5.76. The smallest absolute Gasteiger partial charge is 0.253 e. The van der Waals surface area contributed by atoms with Crippen molar-refractivity contribution in [2.24, 2.45) is 0 Å². The van der Waals surface area contributed by atoms with Gasteiger partial charge in [0.05, 0.1) is 5.39 Å². The van der Waals surface area contributed by atoms with Crippen molar-refractivity contribution in [3.8, 4) is 11.1 Å². The topological polar surface area (TPSA) is 64.6 Å². The van der Waals surface area contributed by atoms with Gasteiger partial charge in [-0.15, -0.1) is 11.3 Å². The predicted octanol–water partition coefficient (Wildman–Crippen LogP) is 4.86. The van der Waals surface area contributed by atoms with E-state index in [2.05, 4.69) is 54.3 Å². The van der Waals surface area contributed by atoms with Gasteiger partial charge in [-0.25, -0.2) is 4.98 Å². The Kier molecular flexibility index (Phi) is 7.67. The van der Waals surface area contributed by atoms with E-state index >= 15 is 0 Å². The number of benzene rings is 2. The molecule has 0 unspecified atom stereocenters. The van der Waals surface area contributed by atoms with Gasteiger partial charge in [-0.3, -0.25) is 4.79 Å². The standard InChI is InChI=1S/C29H34N6OS/c1-4-24-20-25-26(31-29(32-27(25)37-24)30-14-15-33(2)3)34-16-18-35(19-17-34)28(36)23-12-10-22(11-13-23)21-8-6-5-7-9-21/h5-13,20H,4,14-19H2,1-3H3,(H,30,31,32). The minimum absolute atomic E-state index is 0.0851. The minimum Gasteiger partial charge on any atom is -0.353 e. The van der Waals surface area contributed by atoms with Crippen LogP contribution in [0.1, 0.15) is 22.2 Å². The molecule has 8 heteroatoms. The lowest BCUT2D eigenvalue weighted by Gasteiger charge is -2.35. The molecule has 0 atom stereocenters. The van der Waals surface area contributed by atoms with Gasteiger partial charge in [-0.1, -0.05) is 49.4 Å². The summed E-state index contributed by atoms with van der Waals surface area (Å²) in [6.45, 7) is 6.69. The molecule has 0 radical (unpaired) electrons. The second kappa shape index (κ2) is 11.3. The van der Waals surface area contributed by atoms with E-state index < -0.39 is 0 Å². The summed E-state index contributed by atoms with van der Waals surface area (Å²) in [5.74, 6) is 1.72. The van der Waals surface area contributed by atoms with Gasteiger partial charge in [-0.05, 0) is 49.8 Å². The van der Waals surface area contributed by atoms with Crippen molar-refractivity contribution in [2.75, 3.05) is 63.6 Å². The molecule has 0 bridgehead atoms. The van der Waals surface area contributed by atoms with Crippen LogP contribution in [0, 0.1) is 0 Å². The maximum Gasteiger partial charge on any atom is 0.253 e. The van der Waals surface area contributed by atoms with Gasteiger partial charge in [0.2, 0.25) is 5.95 Å². The molecule has 3 heterocycles. The van der Waals surface area contributed by atoms with Crippen LogP contribution in [-0.4, -0.2) is 79.0 Å². The van der Waals surface area contributed by atoms with Crippen LogP contribution < -0.4 is 10.2 Å². The number of thiophene rings is 1. The van der Waals surface area contributed by atoms with Gasteiger partial charge in [-0.2, -0.15) is 4.98 Å². The second-order valence-corrected chi connectivity index (χ2v) is 10.7. The molecule has 4 aromatic rings. The first kappa shape index (κ1) is 25.2. The van der Waals surface area contributed by atoms with Gasteiger partial charge in [0.25, 0.3) is 5.91 Å². The van der Waals surface area contributed by atoms with Crippen LogP contribution in [-0.2, 0) is 6.42 Å². The van der Waals surface area contributed by atoms with Crippen molar-refractivity contribution in [2.45, 2.75) is 13.3 Å². The second-order valence-electron chi connectivity index (χ2n) is 9.61. The molecule has 1 fully saturated rings. The van der Waals surface area contributed by atoms with Crippen LogP contribution in [0.4, 0.5) is 11.8 Å². The maximum atomic E-state index is 13.2. The summed E-state index contributed by atoms with van der Waals surface area (Å²) >= 11 is 1.74. The lowest BCUT2D eigenvalue weighted by Crippen LogP contribution is -2.49. The van der Waals surface area contributed by atoms with Gasteiger partial charge < -0.3 is 20.0 Å². The van der Waals surface area contributed by atoms with Crippen molar-refractivity contribution >= 4 is 39.2 Å². The molecule has 1 aliphatic heterocycles. The zero-order valence-corrected chi connectivity index (χ0v) is 22.6. The van der Waals surface area contributed by atoms with Crippen LogP contribution in [0.5, 0.6) is 0 Å². The number of rotatable bonds is 8. The highest BCUT2D eigenvalue weighted by Gasteiger charge is 2.25. The summed E-state index contributed by atoms with van der Waals surface area (Å²) in [6.07, 6.45) is 0.981. The van der Waals surface area contributed by atoms with E-state index in [0.717, 1.165) is 65.3 Å². The first-order valence-corrected chi connectivity index (χ1v) is 13.7. The van der Waals surface area contributed by atoms with Crippen molar-refractivity contribution in [1.82, 2.24) is 19.8 Å². The molecule has 5 rings (SSSR count). The summed E-state index contributed by atoms with van der Waals surface area (Å²) in [6, 6.07) is 20.4. The Hall–Kier alpha value is -3.49. The monoisotopic (exact) mass is 514 g/mol. The molecule has 0 aliphatic carbocycles. The molecule has 1 aliphatic rings. The number of hydrogen-bond donors (Lipinski definition) is 1. The molecule has 192 valence electrons. The number of hydrogen-bond acceptors (Lipinski definition) is 7. The predicted molar refractivity (Wildman–Crippen MR) is 154 cm³/mol. The molecule has 7 nitrogen and oxygen atoms in total. The van der Waals surface area contributed by atoms with E-state index in [1.54, 1.807) is 11.3 Å². The average molecular weight is 515 g/mol. The molecular formula is C29H34N6OS. The quantitative estimate of drug-likeness (QED) is 0.362. The van der Waals surface area contributed by atoms with E-state index in [0.29, 0.717) is 19.0 Å². The largest absolute Gasteiger partial charge is 0.353 e. The van der Waals surface area contributed by atoms with E-state index in [1.165, 1.54) is 4.88 Å². The molecular weight excluding hydrogens is 480 g/mol. The number of likely N-dealkylation sites (N-methyl/N-ethyl adjacent to an activating group) is 1. The summed E-state index contributed by atoms with van der Waals surface area (Å²) in [7, 11) is 4.12. The van der Waals surface area contributed by atoms with Crippen LogP contribution >= 0.6 is 11.3 Å². The number of amides is 1. The number of piperazine rings is 1. The summed E-state index contributed by atoms with van der Waals surface area (Å²) in [5.41, 5.74) is 3.00. The summed E-state index contributed by atoms with van der Waals surface area (Å²) < 4.78 is 0. The molecule has 0 saturated carbocycles. The lowest BCUT2D eigenvalue weighted by atomic mass is 10.0. The minimum atomic E-state index is 0.0851. The highest BCUT2D eigenvalue weighted by atomic mass is 32.1. The first-order chi connectivity index (χ1) is 18.0. The highest BCUT2D eigenvalue weighted by Crippen LogP contribution is 2.33. The molecule has 1 amide bonds. The summed E-state index contributed by atoms with van der Waals surface area (Å²) in [4.78, 5) is 31.7. The Morgan fingerprint density at radius 1 is 0.973 bits per heavy atom. The van der Waals surface area contributed by atoms with Gasteiger partial charge in [0.15, 0.2) is 0 Å². The van der Waals surface area contributed by atoms with E-state index in [1.807, 2.05) is 47.4 Å². The molecule has 2 aromatic heterocycles. The highest BCUT2D eigenvalue weighted by molar-refractivity contribution is 7.18. The Morgan fingerprint density at radius 3 is 2.35 bits per heavy atom. The Bertz CT molecular complexity index is 1340. The van der Waals surface area contributed by atoms with Gasteiger partial charge in [0.1, 0.15) is 10.6 Å². The van der Waals surface area contributed by atoms with Crippen LogP contribution in [0.25, 0.3) is 21.3 Å². The molecule has 0 spiro atoms. The number of carbonyl (C=O) groups excluding carboxylic acids is 1. The lowest BCUT2D eigenvalue weighted by molar-refractivity contribution is 0.0746. The third-order valence-corrected chi connectivity index (χ3v) is 7.89. The van der Waals surface area contributed by atoms with E-state index in [4.69, 9.17) is 9.97 Å². The van der Waals surface area contributed by atoms with E-state index in [9.17, 15) is 4.79 Å². The Labute approximate surface area is 222 Å². The molecule has 2 aromatic carbocycles. The fraction of sp³-hybridized carbons (Fsp3) is 0.345. The number of aryl methyl sites for hydroxylation is 1. The maximum absolute atomic E-state index is 13.2. The normalized spacial score (nSPS) is 13.9. The number of nitrogens with zero attached hydrogens (tertiary/aromatic N) is 5. The zero-order chi connectivity index (χ0) is 25.8. The van der Waals surface area contributed by atoms with Gasteiger partial charge >= 0.3 is 0 Å². The SMILES string of the molecule is CCc1cc2c(N3CCN(C(=O)c4ccc(-c5ccccc5)cc4)CC3)nc(NCCN(C)C)nc2s1. The van der Waals surface area contributed by atoms with Crippen molar-refractivity contribution in [3.63, 3.8) is 0 Å². The number of aromatic nitrogens is 2. The van der Waals surface area contributed by atoms with Gasteiger partial charge in [0, 0.05) is 49.7 Å². The first-order valence-electron chi connectivity index (χ1n) is 12.9. The Balaban J connectivity index is 1.29. The molecule has 1 N–H and O–H groups in total. The van der Waals surface area contributed by atoms with Crippen LogP contribution in [0.2, 0.25) is 0 Å². The Morgan fingerprint density at radius 2 is 1.68 bits per heavy atom. The molecule has 37 heavy (non-hydrogen) atoms. The van der Waals surface area contributed by atoms with Crippen molar-refractivity contribution < 1.29 is 4.79 Å². The summed E-state index contributed by atoms with van der Waals surface area (Å²) in [5, 5.41) is 4.50. The van der Waals surface area contributed by atoms with Crippen molar-refractivity contribution in [3.05, 3.63) is 71.1 Å². The average Bonchev–Trinajstić information content (AvgIpc) is 3.36. The number of anilines is 2. The number of fused-ring (bicyclic) bond motifs is 1. The van der Waals surface area contributed by atoms with Crippen LogP contribution in [0.15, 0.2) is 60.7 Å². The fourth-order valence-corrected chi connectivity index (χ4v) is 5.54. The number of nitrogens with one attached hydrogen (secondary N) is 1.